The maximum atomic E-state index is 10.9. The second-order valence-electron chi connectivity index (χ2n) is 3.85. The molecule has 0 amide bonds. The Morgan fingerprint density at radius 1 is 1.44 bits per heavy atom. The number of ether oxygens (including phenoxy) is 1. The molecule has 2 N–H and O–H groups in total. The Kier molecular flexibility index (Phi) is 6.43. The van der Waals surface area contributed by atoms with Crippen LogP contribution >= 0.6 is 11.8 Å². The number of carbonyl (C=O) groups is 1. The lowest BCUT2D eigenvalue weighted by atomic mass is 10.2. The van der Waals surface area contributed by atoms with Crippen LogP contribution in [0.25, 0.3) is 0 Å². The first-order valence-electron chi connectivity index (χ1n) is 5.83. The Bertz CT molecular complexity index is 396. The van der Waals surface area contributed by atoms with Crippen LogP contribution < -0.4 is 10.1 Å². The van der Waals surface area contributed by atoms with Gasteiger partial charge in [0.25, 0.3) is 0 Å². The van der Waals surface area contributed by atoms with Crippen molar-refractivity contribution in [2.75, 3.05) is 31.0 Å². The summed E-state index contributed by atoms with van der Waals surface area (Å²) < 4.78 is 5.20. The molecular formula is C13H19NO3S. The van der Waals surface area contributed by atoms with E-state index in [4.69, 9.17) is 9.84 Å². The summed E-state index contributed by atoms with van der Waals surface area (Å²) in [6, 6.07) is 4.82. The van der Waals surface area contributed by atoms with Gasteiger partial charge in [0.2, 0.25) is 0 Å². The molecule has 0 unspecified atom stereocenters. The highest BCUT2D eigenvalue weighted by Gasteiger charge is 2.08. The minimum Gasteiger partial charge on any atom is -0.495 e. The largest absolute Gasteiger partial charge is 0.495 e. The van der Waals surface area contributed by atoms with Crippen LogP contribution in [0, 0.1) is 0 Å². The smallest absolute Gasteiger partial charge is 0.335 e. The highest BCUT2D eigenvalue weighted by atomic mass is 32.2. The molecule has 0 fully saturated rings. The van der Waals surface area contributed by atoms with Gasteiger partial charge in [0, 0.05) is 6.54 Å². The molecule has 0 heterocycles. The van der Waals surface area contributed by atoms with Gasteiger partial charge < -0.3 is 15.2 Å². The van der Waals surface area contributed by atoms with Crippen LogP contribution in [-0.4, -0.2) is 36.7 Å². The molecular weight excluding hydrogens is 250 g/mol. The third-order valence-electron chi connectivity index (χ3n) is 2.54. The molecule has 1 rings (SSSR count). The van der Waals surface area contributed by atoms with E-state index in [9.17, 15) is 4.79 Å². The molecule has 0 saturated heterocycles. The first-order valence-corrected chi connectivity index (χ1v) is 7.22. The molecule has 1 aromatic carbocycles. The van der Waals surface area contributed by atoms with Crippen molar-refractivity contribution in [1.82, 2.24) is 0 Å². The number of anilines is 1. The average Bonchev–Trinajstić information content (AvgIpc) is 2.38. The summed E-state index contributed by atoms with van der Waals surface area (Å²) in [5, 5.41) is 12.2. The van der Waals surface area contributed by atoms with E-state index in [-0.39, 0.29) is 5.56 Å². The summed E-state index contributed by atoms with van der Waals surface area (Å²) in [6.45, 7) is 0.819. The zero-order valence-electron chi connectivity index (χ0n) is 10.7. The van der Waals surface area contributed by atoms with E-state index in [1.54, 1.807) is 25.3 Å². The number of aromatic carboxylic acids is 1. The number of hydrogen-bond donors (Lipinski definition) is 2. The monoisotopic (exact) mass is 269 g/mol. The van der Waals surface area contributed by atoms with Crippen LogP contribution in [0.1, 0.15) is 23.2 Å². The lowest BCUT2D eigenvalue weighted by Crippen LogP contribution is -2.05. The Hall–Kier alpha value is -1.36. The Balaban J connectivity index is 2.61. The third kappa shape index (κ3) is 4.49. The Labute approximate surface area is 112 Å². The van der Waals surface area contributed by atoms with Gasteiger partial charge in [0.05, 0.1) is 18.4 Å². The lowest BCUT2D eigenvalue weighted by molar-refractivity contribution is 0.0697. The van der Waals surface area contributed by atoms with Gasteiger partial charge in [-0.15, -0.1) is 0 Å². The summed E-state index contributed by atoms with van der Waals surface area (Å²) >= 11 is 1.83. The minimum absolute atomic E-state index is 0.266. The van der Waals surface area contributed by atoms with Gasteiger partial charge in [-0.25, -0.2) is 4.79 Å². The number of carboxylic acid groups (broad SMARTS) is 1. The van der Waals surface area contributed by atoms with Crippen LogP contribution in [0.4, 0.5) is 5.69 Å². The van der Waals surface area contributed by atoms with Gasteiger partial charge in [-0.2, -0.15) is 11.8 Å². The van der Waals surface area contributed by atoms with Gasteiger partial charge in [0.15, 0.2) is 0 Å². The highest BCUT2D eigenvalue weighted by Crippen LogP contribution is 2.25. The minimum atomic E-state index is -0.928. The Morgan fingerprint density at radius 2 is 2.22 bits per heavy atom. The van der Waals surface area contributed by atoms with Crippen LogP contribution in [0.2, 0.25) is 0 Å². The van der Waals surface area contributed by atoms with Gasteiger partial charge in [0.1, 0.15) is 5.75 Å². The van der Waals surface area contributed by atoms with E-state index in [1.807, 2.05) is 11.8 Å². The number of methoxy groups -OCH3 is 1. The molecule has 0 aromatic heterocycles. The average molecular weight is 269 g/mol. The molecule has 0 aliphatic carbocycles. The maximum Gasteiger partial charge on any atom is 0.335 e. The normalized spacial score (nSPS) is 10.1. The standard InChI is InChI=1S/C13H19NO3S/c1-17-12-6-5-10(13(15)16)9-11(12)14-7-3-4-8-18-2/h5-6,9,14H,3-4,7-8H2,1-2H3,(H,15,16). The molecule has 0 aliphatic heterocycles. The molecule has 100 valence electrons. The second-order valence-corrected chi connectivity index (χ2v) is 4.83. The van der Waals surface area contributed by atoms with E-state index in [0.29, 0.717) is 5.75 Å². The number of carboxylic acids is 1. The van der Waals surface area contributed by atoms with Crippen LogP contribution in [-0.2, 0) is 0 Å². The molecule has 0 atom stereocenters. The van der Waals surface area contributed by atoms with E-state index in [2.05, 4.69) is 11.6 Å². The SMILES string of the molecule is COc1ccc(C(=O)O)cc1NCCCCSC. The van der Waals surface area contributed by atoms with E-state index in [0.717, 1.165) is 30.8 Å². The van der Waals surface area contributed by atoms with Gasteiger partial charge in [-0.05, 0) is 43.0 Å². The lowest BCUT2D eigenvalue weighted by Gasteiger charge is -2.11. The third-order valence-corrected chi connectivity index (χ3v) is 3.23. The molecule has 1 aromatic rings. The number of thioether (sulfide) groups is 1. The molecule has 0 saturated carbocycles. The quantitative estimate of drug-likeness (QED) is 0.711. The van der Waals surface area contributed by atoms with Gasteiger partial charge in [-0.1, -0.05) is 0 Å². The number of hydrogen-bond acceptors (Lipinski definition) is 4. The zero-order chi connectivity index (χ0) is 13.4. The predicted octanol–water partition coefficient (Wildman–Crippen LogP) is 2.95. The van der Waals surface area contributed by atoms with Crippen molar-refractivity contribution in [1.29, 1.82) is 0 Å². The highest BCUT2D eigenvalue weighted by molar-refractivity contribution is 7.98. The van der Waals surface area contributed by atoms with Crippen molar-refractivity contribution in [2.45, 2.75) is 12.8 Å². The summed E-state index contributed by atoms with van der Waals surface area (Å²) in [5.41, 5.74) is 1.00. The molecule has 0 radical (unpaired) electrons. The number of benzene rings is 1. The van der Waals surface area contributed by atoms with E-state index in [1.165, 1.54) is 0 Å². The predicted molar refractivity (Wildman–Crippen MR) is 76.1 cm³/mol. The summed E-state index contributed by atoms with van der Waals surface area (Å²) in [4.78, 5) is 10.9. The van der Waals surface area contributed by atoms with Crippen LogP contribution in [0.5, 0.6) is 5.75 Å². The summed E-state index contributed by atoms with van der Waals surface area (Å²) in [5.74, 6) is 0.890. The molecule has 18 heavy (non-hydrogen) atoms. The number of rotatable bonds is 8. The second kappa shape index (κ2) is 7.87. The fourth-order valence-electron chi connectivity index (χ4n) is 1.57. The molecule has 5 heteroatoms. The van der Waals surface area contributed by atoms with Crippen LogP contribution in [0.3, 0.4) is 0 Å². The maximum absolute atomic E-state index is 10.9. The van der Waals surface area contributed by atoms with Crippen molar-refractivity contribution >= 4 is 23.4 Å². The molecule has 0 spiro atoms. The number of nitrogens with one attached hydrogen (secondary N) is 1. The number of unbranched alkanes of at least 4 members (excludes halogenated alkanes) is 1. The van der Waals surface area contributed by atoms with Gasteiger partial charge >= 0.3 is 5.97 Å². The topological polar surface area (TPSA) is 58.6 Å². The van der Waals surface area contributed by atoms with Crippen molar-refractivity contribution in [3.05, 3.63) is 23.8 Å². The van der Waals surface area contributed by atoms with Crippen molar-refractivity contribution < 1.29 is 14.6 Å². The first kappa shape index (κ1) is 14.7. The molecule has 0 aliphatic rings. The zero-order valence-corrected chi connectivity index (χ0v) is 11.5. The fraction of sp³-hybridized carbons (Fsp3) is 0.462. The summed E-state index contributed by atoms with van der Waals surface area (Å²) in [7, 11) is 1.58. The molecule has 4 nitrogen and oxygen atoms in total. The van der Waals surface area contributed by atoms with E-state index < -0.39 is 5.97 Å². The van der Waals surface area contributed by atoms with E-state index >= 15 is 0 Å². The summed E-state index contributed by atoms with van der Waals surface area (Å²) in [6.07, 6.45) is 4.29. The van der Waals surface area contributed by atoms with Crippen molar-refractivity contribution in [2.24, 2.45) is 0 Å². The fourth-order valence-corrected chi connectivity index (χ4v) is 2.07. The van der Waals surface area contributed by atoms with Gasteiger partial charge in [-0.3, -0.25) is 0 Å². The first-order chi connectivity index (χ1) is 8.69. The van der Waals surface area contributed by atoms with Crippen molar-refractivity contribution in [3.63, 3.8) is 0 Å². The Morgan fingerprint density at radius 3 is 2.83 bits per heavy atom. The van der Waals surface area contributed by atoms with Crippen molar-refractivity contribution in [3.8, 4) is 5.75 Å². The van der Waals surface area contributed by atoms with Crippen LogP contribution in [0.15, 0.2) is 18.2 Å². The molecule has 0 bridgehead atoms.